The fourth-order valence-corrected chi connectivity index (χ4v) is 3.87. The van der Waals surface area contributed by atoms with Gasteiger partial charge in [-0.05, 0) is 43.7 Å². The van der Waals surface area contributed by atoms with Crippen LogP contribution in [-0.2, 0) is 23.9 Å². The average Bonchev–Trinajstić information content (AvgIpc) is 2.82. The quantitative estimate of drug-likeness (QED) is 0.426. The Bertz CT molecular complexity index is 1050. The van der Waals surface area contributed by atoms with Crippen molar-refractivity contribution in [2.24, 2.45) is 0 Å². The van der Waals surface area contributed by atoms with Gasteiger partial charge in [-0.15, -0.1) is 0 Å². The number of amides is 2. The number of methoxy groups -OCH3 is 1. The molecule has 180 valence electrons. The third-order valence-electron chi connectivity index (χ3n) is 5.49. The lowest BCUT2D eigenvalue weighted by molar-refractivity contribution is -0.141. The van der Waals surface area contributed by atoms with Gasteiger partial charge in [-0.3, -0.25) is 9.59 Å². The Balaban J connectivity index is 1.90. The van der Waals surface area contributed by atoms with Crippen molar-refractivity contribution in [3.05, 3.63) is 71.4 Å². The summed E-state index contributed by atoms with van der Waals surface area (Å²) in [5, 5.41) is 2.70. The molecule has 8 heteroatoms. The molecule has 0 bridgehead atoms. The molecule has 1 N–H and O–H groups in total. The molecule has 0 spiro atoms. The lowest BCUT2D eigenvalue weighted by Crippen LogP contribution is -2.44. The maximum atomic E-state index is 13.1. The van der Waals surface area contributed by atoms with Gasteiger partial charge in [-0.1, -0.05) is 30.3 Å². The first kappa shape index (κ1) is 25.0. The highest BCUT2D eigenvalue weighted by molar-refractivity contribution is 5.97. The van der Waals surface area contributed by atoms with Crippen LogP contribution in [0.25, 0.3) is 0 Å². The van der Waals surface area contributed by atoms with Crippen molar-refractivity contribution in [3.8, 4) is 11.5 Å². The first-order valence-corrected chi connectivity index (χ1v) is 11.2. The number of para-hydroxylation sites is 1. The topological polar surface area (TPSA) is 94.2 Å². The zero-order chi connectivity index (χ0) is 24.5. The van der Waals surface area contributed by atoms with E-state index in [4.69, 9.17) is 14.2 Å². The van der Waals surface area contributed by atoms with Gasteiger partial charge >= 0.3 is 5.97 Å². The van der Waals surface area contributed by atoms with Crippen LogP contribution in [-0.4, -0.2) is 56.1 Å². The summed E-state index contributed by atoms with van der Waals surface area (Å²) in [7, 11) is 1.54. The van der Waals surface area contributed by atoms with Crippen LogP contribution in [0.5, 0.6) is 11.5 Å². The minimum atomic E-state index is -0.515. The molecule has 0 fully saturated rings. The van der Waals surface area contributed by atoms with Crippen molar-refractivity contribution in [1.82, 2.24) is 10.2 Å². The molecule has 0 aromatic heterocycles. The lowest BCUT2D eigenvalue weighted by atomic mass is 9.83. The molecule has 1 unspecified atom stereocenters. The molecule has 3 rings (SSSR count). The number of carbonyl (C=O) groups is 3. The predicted molar refractivity (Wildman–Crippen MR) is 126 cm³/mol. The van der Waals surface area contributed by atoms with Gasteiger partial charge in [0, 0.05) is 31.7 Å². The number of carbonyl (C=O) groups excluding carboxylic acids is 3. The minimum absolute atomic E-state index is 0.0334. The SMILES string of the molecule is CCOC(=O)C1=C(C)N(CC(=O)NCCOC)C(=O)CC1c1cccc(Oc2ccccc2)c1. The summed E-state index contributed by atoms with van der Waals surface area (Å²) in [6.45, 7) is 4.12. The third kappa shape index (κ3) is 6.23. The summed E-state index contributed by atoms with van der Waals surface area (Å²) in [4.78, 5) is 39.7. The van der Waals surface area contributed by atoms with E-state index < -0.39 is 11.9 Å². The highest BCUT2D eigenvalue weighted by atomic mass is 16.5. The van der Waals surface area contributed by atoms with Gasteiger partial charge in [-0.2, -0.15) is 0 Å². The van der Waals surface area contributed by atoms with Crippen LogP contribution in [0.15, 0.2) is 65.9 Å². The van der Waals surface area contributed by atoms with E-state index in [1.165, 1.54) is 4.90 Å². The maximum Gasteiger partial charge on any atom is 0.336 e. The molecule has 2 aromatic carbocycles. The first-order chi connectivity index (χ1) is 16.4. The Labute approximate surface area is 199 Å². The zero-order valence-electron chi connectivity index (χ0n) is 19.7. The lowest BCUT2D eigenvalue weighted by Gasteiger charge is -2.34. The van der Waals surface area contributed by atoms with Crippen LogP contribution in [0.4, 0.5) is 0 Å². The smallest absolute Gasteiger partial charge is 0.336 e. The molecule has 1 aliphatic heterocycles. The number of esters is 1. The van der Waals surface area contributed by atoms with Crippen LogP contribution in [0.2, 0.25) is 0 Å². The number of hydrogen-bond donors (Lipinski definition) is 1. The number of nitrogens with one attached hydrogen (secondary N) is 1. The molecule has 1 aliphatic rings. The highest BCUT2D eigenvalue weighted by Gasteiger charge is 2.37. The molecule has 0 radical (unpaired) electrons. The Hall–Kier alpha value is -3.65. The van der Waals surface area contributed by atoms with Gasteiger partial charge in [0.1, 0.15) is 18.0 Å². The summed E-state index contributed by atoms with van der Waals surface area (Å²) in [5.74, 6) is -0.314. The normalized spacial score (nSPS) is 15.8. The molecule has 34 heavy (non-hydrogen) atoms. The average molecular weight is 467 g/mol. The van der Waals surface area contributed by atoms with Gasteiger partial charge in [0.25, 0.3) is 0 Å². The molecule has 1 atom stereocenters. The monoisotopic (exact) mass is 466 g/mol. The van der Waals surface area contributed by atoms with Crippen molar-refractivity contribution in [3.63, 3.8) is 0 Å². The first-order valence-electron chi connectivity index (χ1n) is 11.2. The second kappa shape index (κ2) is 12.0. The number of rotatable bonds is 10. The van der Waals surface area contributed by atoms with E-state index >= 15 is 0 Å². The van der Waals surface area contributed by atoms with Crippen LogP contribution < -0.4 is 10.1 Å². The summed E-state index contributed by atoms with van der Waals surface area (Å²) in [6.07, 6.45) is 0.0334. The van der Waals surface area contributed by atoms with Crippen molar-refractivity contribution in [2.75, 3.05) is 33.4 Å². The molecule has 0 saturated heterocycles. The fraction of sp³-hybridized carbons (Fsp3) is 0.346. The van der Waals surface area contributed by atoms with Crippen molar-refractivity contribution < 1.29 is 28.6 Å². The van der Waals surface area contributed by atoms with Gasteiger partial charge < -0.3 is 24.4 Å². The summed E-state index contributed by atoms with van der Waals surface area (Å²) < 4.78 is 16.2. The van der Waals surface area contributed by atoms with E-state index in [9.17, 15) is 14.4 Å². The molecule has 8 nitrogen and oxygen atoms in total. The van der Waals surface area contributed by atoms with E-state index in [1.54, 1.807) is 21.0 Å². The van der Waals surface area contributed by atoms with E-state index in [0.717, 1.165) is 5.56 Å². The summed E-state index contributed by atoms with van der Waals surface area (Å²) >= 11 is 0. The minimum Gasteiger partial charge on any atom is -0.463 e. The number of nitrogens with zero attached hydrogens (tertiary/aromatic N) is 1. The number of ether oxygens (including phenoxy) is 3. The molecule has 0 aliphatic carbocycles. The van der Waals surface area contributed by atoms with Crippen LogP contribution in [0, 0.1) is 0 Å². The van der Waals surface area contributed by atoms with E-state index in [0.29, 0.717) is 35.9 Å². The Morgan fingerprint density at radius 3 is 2.53 bits per heavy atom. The molecule has 1 heterocycles. The van der Waals surface area contributed by atoms with Crippen LogP contribution >= 0.6 is 0 Å². The largest absolute Gasteiger partial charge is 0.463 e. The summed E-state index contributed by atoms with van der Waals surface area (Å²) in [5.41, 5.74) is 1.53. The molecular weight excluding hydrogens is 436 g/mol. The third-order valence-corrected chi connectivity index (χ3v) is 5.49. The number of hydrogen-bond acceptors (Lipinski definition) is 6. The second-order valence-electron chi connectivity index (χ2n) is 7.79. The Morgan fingerprint density at radius 1 is 1.09 bits per heavy atom. The molecule has 2 amide bonds. The maximum absolute atomic E-state index is 13.1. The Kier molecular flexibility index (Phi) is 8.81. The second-order valence-corrected chi connectivity index (χ2v) is 7.79. The summed E-state index contributed by atoms with van der Waals surface area (Å²) in [6, 6.07) is 16.7. The highest BCUT2D eigenvalue weighted by Crippen LogP contribution is 2.38. The van der Waals surface area contributed by atoms with E-state index in [2.05, 4.69) is 5.32 Å². The van der Waals surface area contributed by atoms with Crippen molar-refractivity contribution in [1.29, 1.82) is 0 Å². The van der Waals surface area contributed by atoms with Crippen LogP contribution in [0.1, 0.15) is 31.7 Å². The molecule has 2 aromatic rings. The van der Waals surface area contributed by atoms with Gasteiger partial charge in [0.15, 0.2) is 0 Å². The van der Waals surface area contributed by atoms with Gasteiger partial charge in [0.05, 0.1) is 18.8 Å². The van der Waals surface area contributed by atoms with Gasteiger partial charge in [0.2, 0.25) is 11.8 Å². The van der Waals surface area contributed by atoms with Crippen molar-refractivity contribution >= 4 is 17.8 Å². The Morgan fingerprint density at radius 2 is 1.82 bits per heavy atom. The standard InChI is InChI=1S/C26H30N2O6/c1-4-33-26(31)25-18(2)28(17-23(29)27-13-14-32-3)24(30)16-22(25)19-9-8-12-21(15-19)34-20-10-6-5-7-11-20/h5-12,15,22H,4,13-14,16-17H2,1-3H3,(H,27,29). The number of allylic oxidation sites excluding steroid dienone is 1. The van der Waals surface area contributed by atoms with E-state index in [1.807, 2.05) is 54.6 Å². The van der Waals surface area contributed by atoms with Gasteiger partial charge in [-0.25, -0.2) is 4.79 Å². The predicted octanol–water partition coefficient (Wildman–Crippen LogP) is 3.39. The molecular formula is C26H30N2O6. The number of benzene rings is 2. The zero-order valence-corrected chi connectivity index (χ0v) is 19.7. The van der Waals surface area contributed by atoms with Crippen molar-refractivity contribution in [2.45, 2.75) is 26.2 Å². The fourth-order valence-electron chi connectivity index (χ4n) is 3.87. The van der Waals surface area contributed by atoms with E-state index in [-0.39, 0.29) is 31.4 Å². The van der Waals surface area contributed by atoms with Crippen LogP contribution in [0.3, 0.4) is 0 Å². The molecule has 0 saturated carbocycles.